The summed E-state index contributed by atoms with van der Waals surface area (Å²) in [4.78, 5) is 24.3. The number of amides is 2. The van der Waals surface area contributed by atoms with Crippen LogP contribution in [0, 0.1) is 0 Å². The monoisotopic (exact) mass is 319 g/mol. The zero-order chi connectivity index (χ0) is 15.0. The first kappa shape index (κ1) is 14.1. The Morgan fingerprint density at radius 2 is 1.62 bits per heavy atom. The Bertz CT molecular complexity index is 727. The number of nitrogens with one attached hydrogen (secondary N) is 1. The SMILES string of the molecule is O=C1C[C@@](c2ccc(Cl)cc2)(c2ccccc2Cl)C(=O)N1. The van der Waals surface area contributed by atoms with E-state index in [-0.39, 0.29) is 18.2 Å². The Kier molecular flexibility index (Phi) is 3.47. The van der Waals surface area contributed by atoms with E-state index in [9.17, 15) is 9.59 Å². The van der Waals surface area contributed by atoms with Crippen molar-refractivity contribution < 1.29 is 9.59 Å². The molecule has 0 aromatic heterocycles. The van der Waals surface area contributed by atoms with E-state index in [4.69, 9.17) is 23.2 Å². The molecule has 1 atom stereocenters. The molecule has 2 aromatic carbocycles. The van der Waals surface area contributed by atoms with Gasteiger partial charge in [0.05, 0.1) is 0 Å². The van der Waals surface area contributed by atoms with Gasteiger partial charge < -0.3 is 0 Å². The predicted octanol–water partition coefficient (Wildman–Crippen LogP) is 3.33. The van der Waals surface area contributed by atoms with E-state index in [0.717, 1.165) is 0 Å². The summed E-state index contributed by atoms with van der Waals surface area (Å²) < 4.78 is 0. The van der Waals surface area contributed by atoms with E-state index in [1.807, 2.05) is 0 Å². The van der Waals surface area contributed by atoms with Gasteiger partial charge in [0, 0.05) is 16.5 Å². The molecular formula is C16H11Cl2NO2. The standard InChI is InChI=1S/C16H11Cl2NO2/c17-11-7-5-10(6-8-11)16(9-14(20)19-15(16)21)12-3-1-2-4-13(12)18/h1-8H,9H2,(H,19,20,21)/t16-/m1/s1. The highest BCUT2D eigenvalue weighted by Gasteiger charge is 2.50. The summed E-state index contributed by atoms with van der Waals surface area (Å²) in [6, 6.07) is 14.0. The van der Waals surface area contributed by atoms with Gasteiger partial charge in [-0.1, -0.05) is 53.5 Å². The molecule has 0 radical (unpaired) electrons. The molecule has 1 fully saturated rings. The van der Waals surface area contributed by atoms with Crippen molar-refractivity contribution >= 4 is 35.0 Å². The van der Waals surface area contributed by atoms with Crippen molar-refractivity contribution in [1.82, 2.24) is 5.32 Å². The molecule has 2 aromatic rings. The largest absolute Gasteiger partial charge is 0.295 e. The van der Waals surface area contributed by atoms with Gasteiger partial charge in [0.1, 0.15) is 5.41 Å². The molecule has 5 heteroatoms. The maximum atomic E-state index is 12.5. The van der Waals surface area contributed by atoms with Crippen LogP contribution in [-0.4, -0.2) is 11.8 Å². The third-order valence-corrected chi connectivity index (χ3v) is 4.32. The van der Waals surface area contributed by atoms with Crippen LogP contribution in [0.5, 0.6) is 0 Å². The normalized spacial score (nSPS) is 21.4. The molecule has 1 N–H and O–H groups in total. The predicted molar refractivity (Wildman–Crippen MR) is 81.5 cm³/mol. The fourth-order valence-electron chi connectivity index (χ4n) is 2.75. The van der Waals surface area contributed by atoms with Crippen LogP contribution < -0.4 is 5.32 Å². The van der Waals surface area contributed by atoms with Crippen LogP contribution in [0.4, 0.5) is 0 Å². The van der Waals surface area contributed by atoms with E-state index in [2.05, 4.69) is 5.32 Å². The maximum Gasteiger partial charge on any atom is 0.242 e. The van der Waals surface area contributed by atoms with Crippen molar-refractivity contribution in [1.29, 1.82) is 0 Å². The average Bonchev–Trinajstić information content (AvgIpc) is 2.76. The zero-order valence-corrected chi connectivity index (χ0v) is 12.4. The summed E-state index contributed by atoms with van der Waals surface area (Å²) in [6.45, 7) is 0. The number of carbonyl (C=O) groups is 2. The zero-order valence-electron chi connectivity index (χ0n) is 10.9. The Balaban J connectivity index is 2.26. The number of imide groups is 1. The van der Waals surface area contributed by atoms with Gasteiger partial charge in [-0.2, -0.15) is 0 Å². The molecule has 3 rings (SSSR count). The van der Waals surface area contributed by atoms with Crippen molar-refractivity contribution in [3.8, 4) is 0 Å². The maximum absolute atomic E-state index is 12.5. The molecule has 0 bridgehead atoms. The Hall–Kier alpha value is -1.84. The molecule has 0 saturated carbocycles. The van der Waals surface area contributed by atoms with Gasteiger partial charge in [-0.3, -0.25) is 14.9 Å². The number of carbonyl (C=O) groups excluding carboxylic acids is 2. The minimum atomic E-state index is -1.10. The Labute approximate surface area is 131 Å². The van der Waals surface area contributed by atoms with Crippen LogP contribution >= 0.6 is 23.2 Å². The van der Waals surface area contributed by atoms with Crippen LogP contribution in [0.1, 0.15) is 17.5 Å². The second-order valence-electron chi connectivity index (χ2n) is 4.95. The molecule has 1 heterocycles. The minimum absolute atomic E-state index is 0.0389. The minimum Gasteiger partial charge on any atom is -0.295 e. The quantitative estimate of drug-likeness (QED) is 0.863. The van der Waals surface area contributed by atoms with E-state index in [1.165, 1.54) is 0 Å². The fourth-order valence-corrected chi connectivity index (χ4v) is 3.17. The molecule has 2 amide bonds. The lowest BCUT2D eigenvalue weighted by Gasteiger charge is -2.27. The highest BCUT2D eigenvalue weighted by molar-refractivity contribution is 6.32. The number of benzene rings is 2. The first-order valence-electron chi connectivity index (χ1n) is 6.39. The molecule has 1 saturated heterocycles. The average molecular weight is 320 g/mol. The third-order valence-electron chi connectivity index (χ3n) is 3.74. The third kappa shape index (κ3) is 2.23. The smallest absolute Gasteiger partial charge is 0.242 e. The topological polar surface area (TPSA) is 46.2 Å². The summed E-state index contributed by atoms with van der Waals surface area (Å²) in [5.41, 5.74) is 0.223. The fraction of sp³-hybridized carbons (Fsp3) is 0.125. The molecule has 0 unspecified atom stereocenters. The molecule has 0 spiro atoms. The summed E-state index contributed by atoms with van der Waals surface area (Å²) in [7, 11) is 0. The lowest BCUT2D eigenvalue weighted by molar-refractivity contribution is -0.125. The summed E-state index contributed by atoms with van der Waals surface area (Å²) in [5.74, 6) is -0.669. The van der Waals surface area contributed by atoms with Gasteiger partial charge >= 0.3 is 0 Å². The van der Waals surface area contributed by atoms with Crippen molar-refractivity contribution in [2.24, 2.45) is 0 Å². The lowest BCUT2D eigenvalue weighted by atomic mass is 9.73. The van der Waals surface area contributed by atoms with Crippen molar-refractivity contribution in [3.63, 3.8) is 0 Å². The van der Waals surface area contributed by atoms with Crippen LogP contribution in [0.3, 0.4) is 0 Å². The summed E-state index contributed by atoms with van der Waals surface area (Å²) in [5, 5.41) is 3.40. The molecule has 106 valence electrons. The van der Waals surface area contributed by atoms with Gasteiger partial charge in [-0.05, 0) is 29.3 Å². The second kappa shape index (κ2) is 5.17. The van der Waals surface area contributed by atoms with Gasteiger partial charge in [0.2, 0.25) is 11.8 Å². The summed E-state index contributed by atoms with van der Waals surface area (Å²) in [6.07, 6.45) is 0.0389. The number of rotatable bonds is 2. The lowest BCUT2D eigenvalue weighted by Crippen LogP contribution is -2.37. The van der Waals surface area contributed by atoms with Crippen LogP contribution in [0.25, 0.3) is 0 Å². The highest BCUT2D eigenvalue weighted by Crippen LogP contribution is 2.42. The Morgan fingerprint density at radius 1 is 0.952 bits per heavy atom. The van der Waals surface area contributed by atoms with Crippen molar-refractivity contribution in [3.05, 3.63) is 69.7 Å². The molecule has 1 aliphatic heterocycles. The van der Waals surface area contributed by atoms with Crippen LogP contribution in [-0.2, 0) is 15.0 Å². The molecule has 21 heavy (non-hydrogen) atoms. The molecule has 3 nitrogen and oxygen atoms in total. The highest BCUT2D eigenvalue weighted by atomic mass is 35.5. The Morgan fingerprint density at radius 3 is 2.19 bits per heavy atom. The van der Waals surface area contributed by atoms with Crippen LogP contribution in [0.2, 0.25) is 10.0 Å². The molecule has 0 aliphatic carbocycles. The van der Waals surface area contributed by atoms with Crippen molar-refractivity contribution in [2.75, 3.05) is 0 Å². The molecule has 1 aliphatic rings. The van der Waals surface area contributed by atoms with Gasteiger partial charge in [0.25, 0.3) is 0 Å². The van der Waals surface area contributed by atoms with Crippen molar-refractivity contribution in [2.45, 2.75) is 11.8 Å². The number of hydrogen-bond acceptors (Lipinski definition) is 2. The van der Waals surface area contributed by atoms with E-state index >= 15 is 0 Å². The second-order valence-corrected chi connectivity index (χ2v) is 5.79. The first-order valence-corrected chi connectivity index (χ1v) is 7.15. The van der Waals surface area contributed by atoms with Gasteiger partial charge in [0.15, 0.2) is 0 Å². The van der Waals surface area contributed by atoms with Gasteiger partial charge in [-0.15, -0.1) is 0 Å². The van der Waals surface area contributed by atoms with Gasteiger partial charge in [-0.25, -0.2) is 0 Å². The summed E-state index contributed by atoms with van der Waals surface area (Å²) >= 11 is 12.2. The first-order chi connectivity index (χ1) is 10.0. The van der Waals surface area contributed by atoms with E-state index < -0.39 is 5.41 Å². The van der Waals surface area contributed by atoms with Crippen LogP contribution in [0.15, 0.2) is 48.5 Å². The number of hydrogen-bond donors (Lipinski definition) is 1. The molecular weight excluding hydrogens is 309 g/mol. The number of halogens is 2. The van der Waals surface area contributed by atoms with E-state index in [0.29, 0.717) is 21.2 Å². The van der Waals surface area contributed by atoms with E-state index in [1.54, 1.807) is 48.5 Å².